The van der Waals surface area contributed by atoms with Gasteiger partial charge in [-0.15, -0.1) is 0 Å². The molecule has 112 valence electrons. The minimum atomic E-state index is -0.590. The third kappa shape index (κ3) is 3.63. The summed E-state index contributed by atoms with van der Waals surface area (Å²) in [7, 11) is 0. The molecule has 0 atom stereocenters. The van der Waals surface area contributed by atoms with Crippen LogP contribution in [-0.2, 0) is 4.79 Å². The van der Waals surface area contributed by atoms with Crippen molar-refractivity contribution >= 4 is 23.5 Å². The lowest BCUT2D eigenvalue weighted by molar-refractivity contribution is -0.121. The van der Waals surface area contributed by atoms with Gasteiger partial charge in [0.25, 0.3) is 0 Å². The van der Waals surface area contributed by atoms with Crippen molar-refractivity contribution in [2.75, 3.05) is 0 Å². The van der Waals surface area contributed by atoms with Crippen LogP contribution in [0.2, 0.25) is 5.02 Å². The molecule has 0 aliphatic carbocycles. The fourth-order valence-electron chi connectivity index (χ4n) is 1.87. The molecule has 0 spiro atoms. The van der Waals surface area contributed by atoms with E-state index in [1.54, 1.807) is 56.1 Å². The molecule has 4 nitrogen and oxygen atoms in total. The van der Waals surface area contributed by atoms with Crippen LogP contribution in [0.25, 0.3) is 11.8 Å². The van der Waals surface area contributed by atoms with E-state index in [1.165, 1.54) is 0 Å². The van der Waals surface area contributed by atoms with Crippen molar-refractivity contribution in [3.63, 3.8) is 0 Å². The molecule has 0 amide bonds. The van der Waals surface area contributed by atoms with E-state index in [1.807, 2.05) is 18.2 Å². The van der Waals surface area contributed by atoms with E-state index in [9.17, 15) is 10.1 Å². The zero-order valence-corrected chi connectivity index (χ0v) is 13.4. The SMILES string of the molecule is CC(C)(C)C(=O)/C(C#N)=C/c1cnn(-c2ccc(Cl)cc2)c1. The van der Waals surface area contributed by atoms with E-state index in [0.29, 0.717) is 10.6 Å². The molecule has 2 rings (SSSR count). The number of carbonyl (C=O) groups is 1. The third-order valence-electron chi connectivity index (χ3n) is 3.05. The Morgan fingerprint density at radius 2 is 1.95 bits per heavy atom. The Balaban J connectivity index is 2.31. The van der Waals surface area contributed by atoms with Crippen LogP contribution in [0.15, 0.2) is 42.2 Å². The number of aromatic nitrogens is 2. The van der Waals surface area contributed by atoms with Gasteiger partial charge in [-0.1, -0.05) is 32.4 Å². The predicted molar refractivity (Wildman–Crippen MR) is 86.6 cm³/mol. The van der Waals surface area contributed by atoms with Crippen molar-refractivity contribution in [3.8, 4) is 11.8 Å². The Bertz CT molecular complexity index is 758. The van der Waals surface area contributed by atoms with Crippen molar-refractivity contribution in [1.82, 2.24) is 9.78 Å². The monoisotopic (exact) mass is 313 g/mol. The number of nitrogens with zero attached hydrogens (tertiary/aromatic N) is 3. The molecule has 0 radical (unpaired) electrons. The Morgan fingerprint density at radius 3 is 2.50 bits per heavy atom. The first-order valence-corrected chi connectivity index (χ1v) is 7.16. The highest BCUT2D eigenvalue weighted by Crippen LogP contribution is 2.21. The van der Waals surface area contributed by atoms with Gasteiger partial charge in [-0.05, 0) is 30.3 Å². The number of nitriles is 1. The Hall–Kier alpha value is -2.38. The maximum atomic E-state index is 12.2. The van der Waals surface area contributed by atoms with E-state index < -0.39 is 5.41 Å². The van der Waals surface area contributed by atoms with Crippen LogP contribution in [0.5, 0.6) is 0 Å². The van der Waals surface area contributed by atoms with Gasteiger partial charge >= 0.3 is 0 Å². The number of rotatable bonds is 3. The maximum absolute atomic E-state index is 12.2. The second-order valence-corrected chi connectivity index (χ2v) is 6.38. The van der Waals surface area contributed by atoms with Crippen LogP contribution < -0.4 is 0 Å². The average molecular weight is 314 g/mol. The summed E-state index contributed by atoms with van der Waals surface area (Å²) in [6.45, 7) is 5.37. The van der Waals surface area contributed by atoms with E-state index >= 15 is 0 Å². The first-order valence-electron chi connectivity index (χ1n) is 6.78. The summed E-state index contributed by atoms with van der Waals surface area (Å²) in [6.07, 6.45) is 4.94. The lowest BCUT2D eigenvalue weighted by Crippen LogP contribution is -2.21. The van der Waals surface area contributed by atoms with Crippen LogP contribution >= 0.6 is 11.6 Å². The standard InChI is InChI=1S/C17H16ClN3O/c1-17(2,3)16(22)13(9-19)8-12-10-20-21(11-12)15-6-4-14(18)5-7-15/h4-8,10-11H,1-3H3/b13-8+. The molecule has 5 heteroatoms. The molecule has 1 heterocycles. The van der Waals surface area contributed by atoms with Crippen LogP contribution in [0.4, 0.5) is 0 Å². The van der Waals surface area contributed by atoms with E-state index in [-0.39, 0.29) is 11.4 Å². The fourth-order valence-corrected chi connectivity index (χ4v) is 1.99. The zero-order valence-electron chi connectivity index (χ0n) is 12.7. The maximum Gasteiger partial charge on any atom is 0.178 e. The molecule has 0 N–H and O–H groups in total. The summed E-state index contributed by atoms with van der Waals surface area (Å²) in [4.78, 5) is 12.2. The quantitative estimate of drug-likeness (QED) is 0.634. The molecule has 0 saturated heterocycles. The van der Waals surface area contributed by atoms with Gasteiger partial charge < -0.3 is 0 Å². The first kappa shape index (κ1) is 16.0. The van der Waals surface area contributed by atoms with Gasteiger partial charge in [0.15, 0.2) is 5.78 Å². The number of carbonyl (C=O) groups excluding carboxylic acids is 1. The molecular formula is C17H16ClN3O. The lowest BCUT2D eigenvalue weighted by Gasteiger charge is -2.15. The van der Waals surface area contributed by atoms with Crippen molar-refractivity contribution in [3.05, 3.63) is 52.8 Å². The Morgan fingerprint density at radius 1 is 1.32 bits per heavy atom. The summed E-state index contributed by atoms with van der Waals surface area (Å²) in [5.41, 5.74) is 1.09. The largest absolute Gasteiger partial charge is 0.293 e. The smallest absolute Gasteiger partial charge is 0.178 e. The number of Topliss-reactive ketones (excluding diaryl/α,β-unsaturated/α-hetero) is 1. The average Bonchev–Trinajstić information content (AvgIpc) is 2.92. The summed E-state index contributed by atoms with van der Waals surface area (Å²) in [5.74, 6) is -0.186. The summed E-state index contributed by atoms with van der Waals surface area (Å²) < 4.78 is 1.67. The Kier molecular flexibility index (Phi) is 4.48. The molecule has 2 aromatic rings. The number of hydrogen-bond donors (Lipinski definition) is 0. The number of ketones is 1. The molecular weight excluding hydrogens is 298 g/mol. The number of allylic oxidation sites excluding steroid dienone is 1. The van der Waals surface area contributed by atoms with Gasteiger partial charge in [-0.3, -0.25) is 4.79 Å². The van der Waals surface area contributed by atoms with Gasteiger partial charge in [0.1, 0.15) is 6.07 Å². The van der Waals surface area contributed by atoms with Crippen molar-refractivity contribution < 1.29 is 4.79 Å². The lowest BCUT2D eigenvalue weighted by atomic mass is 9.86. The fraction of sp³-hybridized carbons (Fsp3) is 0.235. The van der Waals surface area contributed by atoms with Crippen LogP contribution in [-0.4, -0.2) is 15.6 Å². The highest BCUT2D eigenvalue weighted by Gasteiger charge is 2.25. The second kappa shape index (κ2) is 6.17. The zero-order chi connectivity index (χ0) is 16.3. The van der Waals surface area contributed by atoms with Crippen LogP contribution in [0, 0.1) is 16.7 Å². The van der Waals surface area contributed by atoms with Gasteiger partial charge in [0, 0.05) is 22.2 Å². The summed E-state index contributed by atoms with van der Waals surface area (Å²) in [6, 6.07) is 9.21. The van der Waals surface area contributed by atoms with Crippen molar-refractivity contribution in [1.29, 1.82) is 5.26 Å². The minimum Gasteiger partial charge on any atom is -0.293 e. The topological polar surface area (TPSA) is 58.7 Å². The number of hydrogen-bond acceptors (Lipinski definition) is 3. The molecule has 0 aliphatic rings. The van der Waals surface area contributed by atoms with E-state index in [2.05, 4.69) is 5.10 Å². The van der Waals surface area contributed by atoms with Gasteiger partial charge in [-0.2, -0.15) is 10.4 Å². The van der Waals surface area contributed by atoms with E-state index in [4.69, 9.17) is 11.6 Å². The molecule has 22 heavy (non-hydrogen) atoms. The van der Waals surface area contributed by atoms with Crippen LogP contribution in [0.1, 0.15) is 26.3 Å². The molecule has 0 aliphatic heterocycles. The Labute approximate surface area is 134 Å². The third-order valence-corrected chi connectivity index (χ3v) is 3.30. The predicted octanol–water partition coefficient (Wildman–Crippen LogP) is 4.05. The molecule has 1 aromatic carbocycles. The normalized spacial score (nSPS) is 12.0. The van der Waals surface area contributed by atoms with Gasteiger partial charge in [0.05, 0.1) is 17.5 Å². The van der Waals surface area contributed by atoms with Crippen molar-refractivity contribution in [2.45, 2.75) is 20.8 Å². The van der Waals surface area contributed by atoms with Crippen molar-refractivity contribution in [2.24, 2.45) is 5.41 Å². The van der Waals surface area contributed by atoms with Gasteiger partial charge in [-0.25, -0.2) is 4.68 Å². The molecule has 1 aromatic heterocycles. The summed E-state index contributed by atoms with van der Waals surface area (Å²) in [5, 5.41) is 14.1. The van der Waals surface area contributed by atoms with E-state index in [0.717, 1.165) is 5.69 Å². The first-order chi connectivity index (χ1) is 10.3. The van der Waals surface area contributed by atoms with Crippen LogP contribution in [0.3, 0.4) is 0 Å². The summed E-state index contributed by atoms with van der Waals surface area (Å²) >= 11 is 5.86. The molecule has 0 saturated carbocycles. The second-order valence-electron chi connectivity index (χ2n) is 5.94. The molecule has 0 unspecified atom stereocenters. The molecule has 0 fully saturated rings. The van der Waals surface area contributed by atoms with Gasteiger partial charge in [0.2, 0.25) is 0 Å². The number of benzene rings is 1. The molecule has 0 bridgehead atoms. The number of halogens is 1. The highest BCUT2D eigenvalue weighted by atomic mass is 35.5. The highest BCUT2D eigenvalue weighted by molar-refractivity contribution is 6.30. The minimum absolute atomic E-state index is 0.128.